The van der Waals surface area contributed by atoms with Crippen molar-refractivity contribution in [1.29, 1.82) is 0 Å². The molecular weight excluding hydrogens is 514 g/mol. The van der Waals surface area contributed by atoms with E-state index < -0.39 is 35.1 Å². The number of methoxy groups -OCH3 is 1. The van der Waals surface area contributed by atoms with E-state index in [0.717, 1.165) is 29.9 Å². The smallest absolute Gasteiger partial charge is 0.419 e. The summed E-state index contributed by atoms with van der Waals surface area (Å²) < 4.78 is 78.9. The van der Waals surface area contributed by atoms with Crippen LogP contribution in [0.5, 0.6) is 5.75 Å². The predicted octanol–water partition coefficient (Wildman–Crippen LogP) is 6.63. The van der Waals surface area contributed by atoms with Crippen LogP contribution in [0.3, 0.4) is 0 Å². The Morgan fingerprint density at radius 1 is 0.947 bits per heavy atom. The first-order valence-electron chi connectivity index (χ1n) is 12.1. The molecule has 206 valence electrons. The largest absolute Gasteiger partial charge is 0.496 e. The van der Waals surface area contributed by atoms with Crippen LogP contribution >= 0.6 is 0 Å². The molecule has 2 bridgehead atoms. The summed E-state index contributed by atoms with van der Waals surface area (Å²) in [4.78, 5) is 20.6. The van der Waals surface area contributed by atoms with Gasteiger partial charge in [0.15, 0.2) is 11.6 Å². The Morgan fingerprint density at radius 2 is 1.53 bits per heavy atom. The molecule has 3 aliphatic rings. The molecule has 3 saturated carbocycles. The van der Waals surface area contributed by atoms with Crippen molar-refractivity contribution >= 4 is 18.0 Å². The van der Waals surface area contributed by atoms with E-state index in [1.54, 1.807) is 0 Å². The molecule has 3 fully saturated rings. The van der Waals surface area contributed by atoms with E-state index in [4.69, 9.17) is 5.73 Å². The first-order chi connectivity index (χ1) is 17.9. The van der Waals surface area contributed by atoms with Crippen molar-refractivity contribution in [3.63, 3.8) is 0 Å². The van der Waals surface area contributed by atoms with Crippen LogP contribution in [0.25, 0.3) is 0 Å². The minimum absolute atomic E-state index is 0.0774. The Kier molecular flexibility index (Phi) is 9.45. The zero-order chi connectivity index (χ0) is 28.0. The van der Waals surface area contributed by atoms with Crippen molar-refractivity contribution in [3.05, 3.63) is 70.6 Å². The van der Waals surface area contributed by atoms with Gasteiger partial charge in [0.2, 0.25) is 6.41 Å². The second kappa shape index (κ2) is 12.4. The minimum Gasteiger partial charge on any atom is -0.496 e. The van der Waals surface area contributed by atoms with Gasteiger partial charge in [0.05, 0.1) is 18.2 Å². The lowest BCUT2D eigenvalue weighted by Gasteiger charge is -2.09. The summed E-state index contributed by atoms with van der Waals surface area (Å²) in [5.41, 5.74) is 5.10. The number of anilines is 1. The summed E-state index contributed by atoms with van der Waals surface area (Å²) in [6, 6.07) is 3.70. The maximum atomic E-state index is 12.7. The molecule has 3 N–H and O–H groups in total. The van der Waals surface area contributed by atoms with E-state index in [1.165, 1.54) is 45.6 Å². The molecular formula is C27H28F6N2O3. The van der Waals surface area contributed by atoms with Gasteiger partial charge in [0, 0.05) is 11.8 Å². The fourth-order valence-corrected chi connectivity index (χ4v) is 4.69. The molecule has 38 heavy (non-hydrogen) atoms. The molecule has 0 unspecified atom stereocenters. The van der Waals surface area contributed by atoms with Gasteiger partial charge in [0.25, 0.3) is 5.91 Å². The fourth-order valence-electron chi connectivity index (χ4n) is 4.69. The van der Waals surface area contributed by atoms with Gasteiger partial charge in [-0.15, -0.1) is 0 Å². The van der Waals surface area contributed by atoms with Crippen LogP contribution in [0.4, 0.5) is 32.0 Å². The fraction of sp³-hybridized carbons (Fsp3) is 0.407. The van der Waals surface area contributed by atoms with Gasteiger partial charge >= 0.3 is 6.18 Å². The standard InChI is InChI=1S/C11H16.C8H5F4NO.C8H7F2NO2/c1-2-8(1)7-11-9-3-4-10(11)6-5-9;9-7-2-1-5(13-4-14)3-6(7)8(10,11)12;1-13-7-3-6(10)5(9)2-4(7)8(11)12/h7-10H,1-6H2;1-4H,(H,13,14);2-3H,1H3,(H2,11,12). The van der Waals surface area contributed by atoms with E-state index in [2.05, 4.69) is 10.8 Å². The molecule has 0 aliphatic heterocycles. The summed E-state index contributed by atoms with van der Waals surface area (Å²) in [5.74, 6) is -1.42. The van der Waals surface area contributed by atoms with Crippen molar-refractivity contribution in [2.24, 2.45) is 23.5 Å². The van der Waals surface area contributed by atoms with E-state index in [0.29, 0.717) is 18.2 Å². The Morgan fingerprint density at radius 3 is 2.00 bits per heavy atom. The van der Waals surface area contributed by atoms with Crippen LogP contribution in [-0.2, 0) is 11.0 Å². The number of ether oxygens (including phenoxy) is 1. The highest BCUT2D eigenvalue weighted by Crippen LogP contribution is 2.50. The van der Waals surface area contributed by atoms with Crippen LogP contribution in [0.15, 0.2) is 42.0 Å². The lowest BCUT2D eigenvalue weighted by atomic mass is 10.0. The summed E-state index contributed by atoms with van der Waals surface area (Å²) in [6.07, 6.45) is 7.14. The zero-order valence-corrected chi connectivity index (χ0v) is 20.6. The van der Waals surface area contributed by atoms with Crippen LogP contribution in [0.1, 0.15) is 54.4 Å². The molecule has 2 aromatic carbocycles. The van der Waals surface area contributed by atoms with Gasteiger partial charge in [-0.25, -0.2) is 13.2 Å². The third-order valence-electron chi connectivity index (χ3n) is 6.73. The molecule has 2 aromatic rings. The van der Waals surface area contributed by atoms with Crippen molar-refractivity contribution in [2.45, 2.75) is 44.7 Å². The number of hydrogen-bond donors (Lipinski definition) is 2. The predicted molar refractivity (Wildman–Crippen MR) is 129 cm³/mol. The van der Waals surface area contributed by atoms with Gasteiger partial charge < -0.3 is 15.8 Å². The Balaban J connectivity index is 0.000000158. The average Bonchev–Trinajstić information content (AvgIpc) is 3.52. The molecule has 3 aliphatic carbocycles. The van der Waals surface area contributed by atoms with Crippen LogP contribution in [0.2, 0.25) is 0 Å². The Bertz CT molecular complexity index is 1170. The number of hydrogen-bond acceptors (Lipinski definition) is 3. The number of fused-ring (bicyclic) bond motifs is 2. The number of carbonyl (C=O) groups is 2. The number of halogens is 6. The Hall–Kier alpha value is -3.50. The maximum Gasteiger partial charge on any atom is 0.419 e. The topological polar surface area (TPSA) is 81.4 Å². The molecule has 0 atom stereocenters. The number of nitrogens with two attached hydrogens (primary N) is 1. The second-order valence-electron chi connectivity index (χ2n) is 9.34. The van der Waals surface area contributed by atoms with Gasteiger partial charge in [-0.05, 0) is 80.5 Å². The lowest BCUT2D eigenvalue weighted by molar-refractivity contribution is -0.140. The minimum atomic E-state index is -4.76. The molecule has 0 heterocycles. The monoisotopic (exact) mass is 542 g/mol. The van der Waals surface area contributed by atoms with Crippen LogP contribution in [0, 0.1) is 35.2 Å². The second-order valence-corrected chi connectivity index (χ2v) is 9.34. The lowest BCUT2D eigenvalue weighted by Crippen LogP contribution is -2.13. The average molecular weight is 543 g/mol. The molecule has 0 aromatic heterocycles. The number of benzene rings is 2. The van der Waals surface area contributed by atoms with Crippen LogP contribution < -0.4 is 15.8 Å². The van der Waals surface area contributed by atoms with Gasteiger partial charge in [-0.3, -0.25) is 9.59 Å². The molecule has 0 radical (unpaired) electrons. The zero-order valence-electron chi connectivity index (χ0n) is 20.6. The SMILES string of the molecule is C(=C1C2CCC1CC2)C1CC1.COc1cc(F)c(F)cc1C(N)=O.O=CNc1ccc(F)c(C(F)(F)F)c1. The van der Waals surface area contributed by atoms with E-state index >= 15 is 0 Å². The molecule has 2 amide bonds. The van der Waals surface area contributed by atoms with Crippen molar-refractivity contribution in [2.75, 3.05) is 12.4 Å². The number of allylic oxidation sites excluding steroid dienone is 2. The third-order valence-corrected chi connectivity index (χ3v) is 6.73. The van der Waals surface area contributed by atoms with Crippen LogP contribution in [-0.4, -0.2) is 19.4 Å². The summed E-state index contributed by atoms with van der Waals surface area (Å²) >= 11 is 0. The molecule has 0 spiro atoms. The molecule has 5 nitrogen and oxygen atoms in total. The van der Waals surface area contributed by atoms with E-state index in [1.807, 2.05) is 10.9 Å². The first-order valence-corrected chi connectivity index (χ1v) is 12.1. The van der Waals surface area contributed by atoms with Gasteiger partial charge in [-0.1, -0.05) is 11.6 Å². The number of alkyl halides is 3. The summed E-state index contributed by atoms with van der Waals surface area (Å²) in [7, 11) is 1.24. The quantitative estimate of drug-likeness (QED) is 0.253. The number of amides is 2. The van der Waals surface area contributed by atoms with Gasteiger partial charge in [0.1, 0.15) is 11.6 Å². The first kappa shape index (κ1) is 29.1. The highest BCUT2D eigenvalue weighted by Gasteiger charge is 2.37. The highest BCUT2D eigenvalue weighted by molar-refractivity contribution is 5.95. The number of carbonyl (C=O) groups excluding carboxylic acids is 2. The Labute approximate surface area is 216 Å². The highest BCUT2D eigenvalue weighted by atomic mass is 19.4. The molecule has 5 rings (SSSR count). The number of nitrogens with one attached hydrogen (secondary N) is 1. The molecule has 11 heteroatoms. The number of primary amides is 1. The van der Waals surface area contributed by atoms with Crippen molar-refractivity contribution in [3.8, 4) is 5.75 Å². The van der Waals surface area contributed by atoms with E-state index in [-0.39, 0.29) is 23.4 Å². The normalized spacial score (nSPS) is 19.5. The van der Waals surface area contributed by atoms with Crippen molar-refractivity contribution in [1.82, 2.24) is 0 Å². The summed E-state index contributed by atoms with van der Waals surface area (Å²) in [6.45, 7) is 0. The van der Waals surface area contributed by atoms with Crippen molar-refractivity contribution < 1.29 is 40.7 Å². The number of rotatable bonds is 5. The maximum absolute atomic E-state index is 12.7. The summed E-state index contributed by atoms with van der Waals surface area (Å²) in [5, 5.41) is 2.00. The van der Waals surface area contributed by atoms with Gasteiger partial charge in [-0.2, -0.15) is 13.2 Å². The third kappa shape index (κ3) is 7.52. The molecule has 0 saturated heterocycles. The van der Waals surface area contributed by atoms with E-state index in [9.17, 15) is 35.9 Å².